The summed E-state index contributed by atoms with van der Waals surface area (Å²) in [5, 5.41) is 0. The topological polar surface area (TPSA) is 51.0 Å². The summed E-state index contributed by atoms with van der Waals surface area (Å²) in [7, 11) is 1.60. The van der Waals surface area contributed by atoms with Gasteiger partial charge in [0, 0.05) is 25.6 Å². The van der Waals surface area contributed by atoms with Gasteiger partial charge in [0.05, 0.1) is 13.2 Å². The molecule has 0 saturated heterocycles. The van der Waals surface area contributed by atoms with Crippen molar-refractivity contribution in [2.75, 3.05) is 26.8 Å². The van der Waals surface area contributed by atoms with Gasteiger partial charge in [-0.2, -0.15) is 0 Å². The van der Waals surface area contributed by atoms with Crippen LogP contribution in [-0.2, 0) is 19.7 Å². The Balaban J connectivity index is 2.29. The first-order valence-electron chi connectivity index (χ1n) is 8.59. The Morgan fingerprint density at radius 1 is 1.23 bits per heavy atom. The molecule has 0 bridgehead atoms. The molecule has 0 unspecified atom stereocenters. The molecular weight excluding hydrogens is 328 g/mol. The summed E-state index contributed by atoms with van der Waals surface area (Å²) in [6, 6.07) is 9.40. The van der Waals surface area contributed by atoms with Gasteiger partial charge in [-0.15, -0.1) is 0 Å². The molecule has 3 rings (SSSR count). The molecule has 1 amide bonds. The Kier molecular flexibility index (Phi) is 4.55. The largest absolute Gasteiger partial charge is 0.383 e. The van der Waals surface area contributed by atoms with Gasteiger partial charge in [-0.05, 0) is 11.1 Å². The first kappa shape index (κ1) is 18.1. The number of rotatable bonds is 4. The number of nitrogens with zero attached hydrogens (tertiary/aromatic N) is 2. The predicted octanol–water partition coefficient (Wildman–Crippen LogP) is 2.75. The van der Waals surface area contributed by atoms with Crippen molar-refractivity contribution in [1.29, 1.82) is 0 Å². The van der Waals surface area contributed by atoms with Crippen molar-refractivity contribution in [2.24, 2.45) is 5.41 Å². The minimum atomic E-state index is -1.12. The van der Waals surface area contributed by atoms with E-state index < -0.39 is 10.8 Å². The SMILES string of the molecule is [C-]#[N+]C1=C[C@@]2(c3ccccc3)C(=O)N(CCOC)CC=C2C(C)(C)C1=O. The zero-order chi connectivity index (χ0) is 18.9. The number of methoxy groups -OCH3 is 1. The van der Waals surface area contributed by atoms with Gasteiger partial charge in [0.25, 0.3) is 0 Å². The molecule has 0 aromatic heterocycles. The molecule has 0 saturated carbocycles. The van der Waals surface area contributed by atoms with E-state index in [9.17, 15) is 9.59 Å². The highest BCUT2D eigenvalue weighted by atomic mass is 16.5. The molecule has 0 N–H and O–H groups in total. The van der Waals surface area contributed by atoms with Crippen LogP contribution in [0.5, 0.6) is 0 Å². The lowest BCUT2D eigenvalue weighted by molar-refractivity contribution is -0.136. The zero-order valence-corrected chi connectivity index (χ0v) is 15.3. The summed E-state index contributed by atoms with van der Waals surface area (Å²) in [6.45, 7) is 12.4. The molecule has 0 radical (unpaired) electrons. The molecule has 1 heterocycles. The minimum absolute atomic E-state index is 0.0259. The standard InChI is InChI=1S/C21H22N2O3/c1-20(2)17-10-11-23(12-13-26-4)19(25)21(17,14-16(22-3)18(20)24)15-8-6-5-7-9-15/h5-10,14H,11-13H2,1-2,4H3/t21-/m0/s1. The smallest absolute Gasteiger partial charge is 0.240 e. The number of amides is 1. The van der Waals surface area contributed by atoms with E-state index in [1.807, 2.05) is 36.4 Å². The number of benzene rings is 1. The number of hydrogen-bond donors (Lipinski definition) is 0. The molecule has 0 fully saturated rings. The molecule has 1 atom stereocenters. The number of Topliss-reactive ketones (excluding diaryl/α,β-unsaturated/α-hetero) is 1. The normalized spacial score (nSPS) is 24.5. The van der Waals surface area contributed by atoms with Gasteiger partial charge < -0.3 is 14.4 Å². The van der Waals surface area contributed by atoms with E-state index in [0.717, 1.165) is 11.1 Å². The number of carbonyl (C=O) groups is 2. The van der Waals surface area contributed by atoms with Crippen molar-refractivity contribution < 1.29 is 14.3 Å². The Morgan fingerprint density at radius 3 is 2.54 bits per heavy atom. The number of ether oxygens (including phenoxy) is 1. The van der Waals surface area contributed by atoms with Crippen LogP contribution in [0.1, 0.15) is 19.4 Å². The molecule has 26 heavy (non-hydrogen) atoms. The Morgan fingerprint density at radius 2 is 1.92 bits per heavy atom. The molecule has 0 spiro atoms. The quantitative estimate of drug-likeness (QED) is 0.620. The first-order valence-corrected chi connectivity index (χ1v) is 8.59. The van der Waals surface area contributed by atoms with Crippen molar-refractivity contribution in [1.82, 2.24) is 4.90 Å². The van der Waals surface area contributed by atoms with Crippen LogP contribution in [0.15, 0.2) is 53.8 Å². The number of allylic oxidation sites excluding steroid dienone is 1. The van der Waals surface area contributed by atoms with Gasteiger partial charge in [-0.25, -0.2) is 4.85 Å². The summed E-state index contributed by atoms with van der Waals surface area (Å²) >= 11 is 0. The van der Waals surface area contributed by atoms with E-state index in [2.05, 4.69) is 4.85 Å². The molecule has 5 nitrogen and oxygen atoms in total. The number of fused-ring (bicyclic) bond motifs is 1. The molecule has 2 aliphatic rings. The van der Waals surface area contributed by atoms with Crippen LogP contribution >= 0.6 is 0 Å². The van der Waals surface area contributed by atoms with Crippen molar-refractivity contribution in [2.45, 2.75) is 19.3 Å². The highest BCUT2D eigenvalue weighted by Crippen LogP contribution is 2.51. The van der Waals surface area contributed by atoms with Gasteiger partial charge in [0.15, 0.2) is 5.78 Å². The van der Waals surface area contributed by atoms with E-state index in [1.54, 1.807) is 31.9 Å². The summed E-state index contributed by atoms with van der Waals surface area (Å²) in [5.41, 5.74) is -0.469. The highest BCUT2D eigenvalue weighted by molar-refractivity contribution is 6.10. The van der Waals surface area contributed by atoms with E-state index in [0.29, 0.717) is 19.7 Å². The van der Waals surface area contributed by atoms with Crippen molar-refractivity contribution in [3.8, 4) is 0 Å². The maximum absolute atomic E-state index is 13.6. The monoisotopic (exact) mass is 350 g/mol. The van der Waals surface area contributed by atoms with Crippen LogP contribution < -0.4 is 0 Å². The van der Waals surface area contributed by atoms with Gasteiger partial charge in [-0.1, -0.05) is 56.3 Å². The number of ketones is 1. The second-order valence-electron chi connectivity index (χ2n) is 7.13. The molecule has 1 aliphatic heterocycles. The fourth-order valence-corrected chi connectivity index (χ4v) is 3.95. The lowest BCUT2D eigenvalue weighted by Crippen LogP contribution is -2.57. The molecule has 1 aliphatic carbocycles. The Labute approximate surface area is 153 Å². The maximum Gasteiger partial charge on any atom is 0.240 e. The van der Waals surface area contributed by atoms with E-state index >= 15 is 0 Å². The number of carbonyl (C=O) groups excluding carboxylic acids is 2. The average molecular weight is 350 g/mol. The zero-order valence-electron chi connectivity index (χ0n) is 15.3. The van der Waals surface area contributed by atoms with Crippen LogP contribution in [0.25, 0.3) is 4.85 Å². The van der Waals surface area contributed by atoms with E-state index in [1.165, 1.54) is 0 Å². The fraction of sp³-hybridized carbons (Fsp3) is 0.381. The third kappa shape index (κ3) is 2.49. The van der Waals surface area contributed by atoms with Crippen LogP contribution in [0, 0.1) is 12.0 Å². The van der Waals surface area contributed by atoms with Crippen molar-refractivity contribution in [3.05, 3.63) is 70.7 Å². The average Bonchev–Trinajstić information content (AvgIpc) is 2.65. The first-order chi connectivity index (χ1) is 12.4. The molecule has 1 aromatic rings. The van der Waals surface area contributed by atoms with E-state index in [-0.39, 0.29) is 17.4 Å². The van der Waals surface area contributed by atoms with Crippen LogP contribution in [0.4, 0.5) is 0 Å². The summed E-state index contributed by atoms with van der Waals surface area (Å²) in [6.07, 6.45) is 3.54. The summed E-state index contributed by atoms with van der Waals surface area (Å²) in [5.74, 6) is -0.344. The maximum atomic E-state index is 13.6. The van der Waals surface area contributed by atoms with Crippen molar-refractivity contribution >= 4 is 11.7 Å². The molecular formula is C21H22N2O3. The minimum Gasteiger partial charge on any atom is -0.383 e. The van der Waals surface area contributed by atoms with Gasteiger partial charge in [0.2, 0.25) is 11.6 Å². The van der Waals surface area contributed by atoms with Gasteiger partial charge in [0.1, 0.15) is 5.41 Å². The van der Waals surface area contributed by atoms with Crippen molar-refractivity contribution in [3.63, 3.8) is 0 Å². The van der Waals surface area contributed by atoms with Crippen LogP contribution in [0.2, 0.25) is 0 Å². The molecule has 5 heteroatoms. The van der Waals surface area contributed by atoms with Crippen LogP contribution in [0.3, 0.4) is 0 Å². The lowest BCUT2D eigenvalue weighted by atomic mass is 9.57. The second kappa shape index (κ2) is 6.54. The van der Waals surface area contributed by atoms with Gasteiger partial charge in [-0.3, -0.25) is 4.79 Å². The predicted molar refractivity (Wildman–Crippen MR) is 98.1 cm³/mol. The fourth-order valence-electron chi connectivity index (χ4n) is 3.95. The summed E-state index contributed by atoms with van der Waals surface area (Å²) in [4.78, 5) is 31.6. The van der Waals surface area contributed by atoms with Crippen LogP contribution in [-0.4, -0.2) is 43.4 Å². The highest BCUT2D eigenvalue weighted by Gasteiger charge is 2.56. The van der Waals surface area contributed by atoms with E-state index in [4.69, 9.17) is 11.3 Å². The lowest BCUT2D eigenvalue weighted by Gasteiger charge is -2.48. The van der Waals surface area contributed by atoms with Gasteiger partial charge >= 0.3 is 0 Å². The Bertz CT molecular complexity index is 846. The third-order valence-electron chi connectivity index (χ3n) is 5.31. The summed E-state index contributed by atoms with van der Waals surface area (Å²) < 4.78 is 5.14. The Hall–Kier alpha value is -2.71. The molecule has 134 valence electrons. The molecule has 1 aromatic carbocycles. The second-order valence-corrected chi connectivity index (χ2v) is 7.13. The number of hydrogen-bond acceptors (Lipinski definition) is 3. The third-order valence-corrected chi connectivity index (χ3v) is 5.31.